The fourth-order valence-corrected chi connectivity index (χ4v) is 1.27. The smallest absolute Gasteiger partial charge is 0.325 e. The van der Waals surface area contributed by atoms with E-state index in [2.05, 4.69) is 4.74 Å². The number of hydrogen-bond acceptors (Lipinski definition) is 3. The van der Waals surface area contributed by atoms with Crippen LogP contribution in [0.2, 0.25) is 0 Å². The van der Waals surface area contributed by atoms with Crippen LogP contribution in [-0.4, -0.2) is 28.5 Å². The molecule has 0 saturated carbocycles. The van der Waals surface area contributed by atoms with Crippen LogP contribution in [0, 0.1) is 0 Å². The Balaban J connectivity index is 3.23. The third-order valence-electron chi connectivity index (χ3n) is 1.15. The summed E-state index contributed by atoms with van der Waals surface area (Å²) >= 11 is 0. The molecule has 6 heteroatoms. The van der Waals surface area contributed by atoms with E-state index in [1.165, 1.54) is 6.92 Å². The van der Waals surface area contributed by atoms with Gasteiger partial charge in [-0.25, -0.2) is 0 Å². The second-order valence-corrected chi connectivity index (χ2v) is 4.21. The summed E-state index contributed by atoms with van der Waals surface area (Å²) in [6.45, 7) is 1.53. The number of carbonyl (C=O) groups is 1. The summed E-state index contributed by atoms with van der Waals surface area (Å²) < 4.78 is 14.9. The van der Waals surface area contributed by atoms with Crippen molar-refractivity contribution < 1.29 is 23.9 Å². The lowest BCUT2D eigenvalue weighted by Gasteiger charge is -2.03. The van der Waals surface area contributed by atoms with Crippen LogP contribution in [0.3, 0.4) is 0 Å². The molecule has 0 radical (unpaired) electrons. The molecule has 0 aliphatic heterocycles. The molecule has 0 aliphatic carbocycles. The van der Waals surface area contributed by atoms with Crippen molar-refractivity contribution in [3.63, 3.8) is 0 Å². The van der Waals surface area contributed by atoms with E-state index < -0.39 is 7.60 Å². The van der Waals surface area contributed by atoms with Crippen LogP contribution in [0.4, 0.5) is 0 Å². The van der Waals surface area contributed by atoms with Crippen molar-refractivity contribution in [2.75, 3.05) is 12.8 Å². The van der Waals surface area contributed by atoms with Gasteiger partial charge >= 0.3 is 13.6 Å². The van der Waals surface area contributed by atoms with Crippen LogP contribution in [0.25, 0.3) is 0 Å². The van der Waals surface area contributed by atoms with E-state index in [9.17, 15) is 9.36 Å². The second kappa shape index (κ2) is 5.30. The van der Waals surface area contributed by atoms with E-state index >= 15 is 0 Å². The Morgan fingerprint density at radius 1 is 1.42 bits per heavy atom. The fraction of sp³-hybridized carbons (Fsp3) is 0.833. The number of hydrogen-bond donors (Lipinski definition) is 2. The van der Waals surface area contributed by atoms with E-state index in [0.717, 1.165) is 0 Å². The summed E-state index contributed by atoms with van der Waals surface area (Å²) in [4.78, 5) is 27.1. The number of ether oxygens (including phenoxy) is 1. The third kappa shape index (κ3) is 9.62. The molecule has 0 spiro atoms. The predicted molar refractivity (Wildman–Crippen MR) is 42.8 cm³/mol. The molecule has 5 nitrogen and oxygen atoms in total. The van der Waals surface area contributed by atoms with E-state index in [-0.39, 0.29) is 18.7 Å². The van der Waals surface area contributed by atoms with Crippen LogP contribution >= 0.6 is 7.60 Å². The molecule has 0 atom stereocenters. The highest BCUT2D eigenvalue weighted by Crippen LogP contribution is 2.35. The maximum absolute atomic E-state index is 10.3. The van der Waals surface area contributed by atoms with Crippen LogP contribution in [0.5, 0.6) is 0 Å². The molecule has 0 aliphatic rings. The Bertz CT molecular complexity index is 184. The highest BCUT2D eigenvalue weighted by molar-refractivity contribution is 7.51. The topological polar surface area (TPSA) is 83.8 Å². The highest BCUT2D eigenvalue weighted by atomic mass is 31.2. The molecule has 0 bridgehead atoms. The van der Waals surface area contributed by atoms with Crippen molar-refractivity contribution in [2.24, 2.45) is 0 Å². The Morgan fingerprint density at radius 3 is 2.42 bits per heavy atom. The van der Waals surface area contributed by atoms with Gasteiger partial charge in [-0.3, -0.25) is 9.36 Å². The Hall–Kier alpha value is -0.380. The lowest BCUT2D eigenvalue weighted by atomic mass is 10.4. The van der Waals surface area contributed by atoms with Gasteiger partial charge in [0.15, 0.2) is 0 Å². The van der Waals surface area contributed by atoms with Crippen LogP contribution < -0.4 is 0 Å². The first-order chi connectivity index (χ1) is 5.42. The van der Waals surface area contributed by atoms with Crippen LogP contribution in [0.1, 0.15) is 19.8 Å². The SMILES string of the molecule is CC(=O)OCCCCP(=O)(O)O. The van der Waals surface area contributed by atoms with Gasteiger partial charge in [-0.2, -0.15) is 0 Å². The van der Waals surface area contributed by atoms with Gasteiger partial charge in [-0.15, -0.1) is 0 Å². The number of rotatable bonds is 5. The molecule has 0 rings (SSSR count). The van der Waals surface area contributed by atoms with E-state index in [1.807, 2.05) is 0 Å². The zero-order valence-corrected chi connectivity index (χ0v) is 7.79. The first kappa shape index (κ1) is 11.6. The van der Waals surface area contributed by atoms with E-state index in [1.54, 1.807) is 0 Å². The van der Waals surface area contributed by atoms with Crippen LogP contribution in [-0.2, 0) is 14.1 Å². The molecular formula is C6H13O5P. The summed E-state index contributed by atoms with van der Waals surface area (Å²) in [5.41, 5.74) is 0. The lowest BCUT2D eigenvalue weighted by molar-refractivity contribution is -0.141. The van der Waals surface area contributed by atoms with Gasteiger partial charge in [-0.1, -0.05) is 0 Å². The highest BCUT2D eigenvalue weighted by Gasteiger charge is 2.11. The number of unbranched alkanes of at least 4 members (excludes halogenated alkanes) is 1. The van der Waals surface area contributed by atoms with E-state index in [0.29, 0.717) is 12.8 Å². The first-order valence-corrected chi connectivity index (χ1v) is 5.39. The monoisotopic (exact) mass is 196 g/mol. The van der Waals surface area contributed by atoms with Gasteiger partial charge in [0.2, 0.25) is 0 Å². The fourth-order valence-electron chi connectivity index (χ4n) is 0.636. The molecule has 12 heavy (non-hydrogen) atoms. The average molecular weight is 196 g/mol. The number of carbonyl (C=O) groups excluding carboxylic acids is 1. The molecule has 0 unspecified atom stereocenters. The van der Waals surface area contributed by atoms with Crippen molar-refractivity contribution in [1.82, 2.24) is 0 Å². The third-order valence-corrected chi connectivity index (χ3v) is 2.05. The van der Waals surface area contributed by atoms with Crippen molar-refractivity contribution in [1.29, 1.82) is 0 Å². The normalized spacial score (nSPS) is 11.2. The molecule has 0 heterocycles. The molecule has 0 saturated heterocycles. The minimum Gasteiger partial charge on any atom is -0.466 e. The Kier molecular flexibility index (Phi) is 5.13. The largest absolute Gasteiger partial charge is 0.466 e. The molecule has 2 N–H and O–H groups in total. The minimum atomic E-state index is -3.87. The van der Waals surface area contributed by atoms with Gasteiger partial charge < -0.3 is 14.5 Å². The second-order valence-electron chi connectivity index (χ2n) is 2.44. The number of esters is 1. The zero-order chi connectivity index (χ0) is 9.61. The predicted octanol–water partition coefficient (Wildman–Crippen LogP) is 0.507. The molecule has 0 amide bonds. The Morgan fingerprint density at radius 2 is 2.00 bits per heavy atom. The van der Waals surface area contributed by atoms with Gasteiger partial charge in [0.1, 0.15) is 0 Å². The summed E-state index contributed by atoms with van der Waals surface area (Å²) in [5, 5.41) is 0. The molecular weight excluding hydrogens is 183 g/mol. The van der Waals surface area contributed by atoms with Crippen molar-refractivity contribution in [3.05, 3.63) is 0 Å². The first-order valence-electron chi connectivity index (χ1n) is 3.60. The van der Waals surface area contributed by atoms with E-state index in [4.69, 9.17) is 9.79 Å². The minimum absolute atomic E-state index is 0.145. The molecule has 72 valence electrons. The zero-order valence-electron chi connectivity index (χ0n) is 6.89. The average Bonchev–Trinajstić information content (AvgIpc) is 1.83. The molecule has 0 aromatic carbocycles. The van der Waals surface area contributed by atoms with Crippen LogP contribution in [0.15, 0.2) is 0 Å². The van der Waals surface area contributed by atoms with Gasteiger partial charge in [-0.05, 0) is 12.8 Å². The van der Waals surface area contributed by atoms with Gasteiger partial charge in [0, 0.05) is 13.1 Å². The summed E-state index contributed by atoms with van der Waals surface area (Å²) in [6, 6.07) is 0. The summed E-state index contributed by atoms with van der Waals surface area (Å²) in [5.74, 6) is -0.369. The summed E-state index contributed by atoms with van der Waals surface area (Å²) in [7, 11) is -3.87. The molecule has 0 fully saturated rings. The quantitative estimate of drug-likeness (QED) is 0.380. The van der Waals surface area contributed by atoms with Crippen molar-refractivity contribution in [3.8, 4) is 0 Å². The van der Waals surface area contributed by atoms with Gasteiger partial charge in [0.25, 0.3) is 0 Å². The molecule has 0 aromatic heterocycles. The molecule has 0 aromatic rings. The lowest BCUT2D eigenvalue weighted by Crippen LogP contribution is -2.01. The van der Waals surface area contributed by atoms with Crippen molar-refractivity contribution >= 4 is 13.6 Å². The maximum atomic E-state index is 10.3. The van der Waals surface area contributed by atoms with Crippen molar-refractivity contribution in [2.45, 2.75) is 19.8 Å². The maximum Gasteiger partial charge on any atom is 0.325 e. The summed E-state index contributed by atoms with van der Waals surface area (Å²) in [6.07, 6.45) is 0.719. The Labute approximate surface area is 70.9 Å². The standard InChI is InChI=1S/C6H13O5P/c1-6(7)11-4-2-3-5-12(8,9)10/h2-5H2,1H3,(H2,8,9,10). The van der Waals surface area contributed by atoms with Gasteiger partial charge in [0.05, 0.1) is 6.61 Å².